The summed E-state index contributed by atoms with van der Waals surface area (Å²) in [6.07, 6.45) is 8.06. The van der Waals surface area contributed by atoms with E-state index >= 15 is 0 Å². The lowest BCUT2D eigenvalue weighted by Crippen LogP contribution is -2.24. The predicted molar refractivity (Wildman–Crippen MR) is 99.7 cm³/mol. The molecule has 1 aliphatic carbocycles. The van der Waals surface area contributed by atoms with Crippen molar-refractivity contribution in [3.05, 3.63) is 70.3 Å². The highest BCUT2D eigenvalue weighted by molar-refractivity contribution is 5.92. The second-order valence-corrected chi connectivity index (χ2v) is 6.91. The van der Waals surface area contributed by atoms with Gasteiger partial charge in [0.1, 0.15) is 5.75 Å². The molecule has 1 unspecified atom stereocenters. The van der Waals surface area contributed by atoms with E-state index in [1.54, 1.807) is 6.08 Å². The third kappa shape index (κ3) is 3.46. The van der Waals surface area contributed by atoms with Crippen molar-refractivity contribution < 1.29 is 9.53 Å². The summed E-state index contributed by atoms with van der Waals surface area (Å²) in [6, 6.07) is 12.6. The van der Waals surface area contributed by atoms with Crippen LogP contribution < -0.4 is 10.1 Å². The molecule has 0 saturated heterocycles. The summed E-state index contributed by atoms with van der Waals surface area (Å²) in [7, 11) is 0. The van der Waals surface area contributed by atoms with Crippen LogP contribution in [0.3, 0.4) is 0 Å². The Labute approximate surface area is 148 Å². The van der Waals surface area contributed by atoms with Crippen LogP contribution in [-0.4, -0.2) is 12.5 Å². The Morgan fingerprint density at radius 1 is 1.08 bits per heavy atom. The van der Waals surface area contributed by atoms with Crippen molar-refractivity contribution in [1.82, 2.24) is 5.32 Å². The molecule has 2 aromatic carbocycles. The summed E-state index contributed by atoms with van der Waals surface area (Å²) >= 11 is 0. The van der Waals surface area contributed by atoms with Gasteiger partial charge in [0.25, 0.3) is 0 Å². The van der Waals surface area contributed by atoms with Crippen LogP contribution in [0.1, 0.15) is 47.2 Å². The fraction of sp³-hybridized carbons (Fsp3) is 0.318. The maximum absolute atomic E-state index is 12.2. The number of hydrogen-bond donors (Lipinski definition) is 1. The van der Waals surface area contributed by atoms with Crippen molar-refractivity contribution in [3.8, 4) is 5.75 Å². The van der Waals surface area contributed by atoms with E-state index in [-0.39, 0.29) is 11.9 Å². The summed E-state index contributed by atoms with van der Waals surface area (Å²) in [5, 5.41) is 3.04. The van der Waals surface area contributed by atoms with Crippen LogP contribution in [-0.2, 0) is 24.1 Å². The van der Waals surface area contributed by atoms with E-state index in [2.05, 4.69) is 29.6 Å². The van der Waals surface area contributed by atoms with Crippen molar-refractivity contribution in [1.29, 1.82) is 0 Å². The lowest BCUT2D eigenvalue weighted by molar-refractivity contribution is -0.117. The summed E-state index contributed by atoms with van der Waals surface area (Å²) in [4.78, 5) is 12.2. The molecule has 0 saturated carbocycles. The highest BCUT2D eigenvalue weighted by Crippen LogP contribution is 2.28. The zero-order valence-corrected chi connectivity index (χ0v) is 14.5. The number of nitrogens with one attached hydrogen (secondary N) is 1. The van der Waals surface area contributed by atoms with Crippen molar-refractivity contribution in [2.45, 2.75) is 38.6 Å². The van der Waals surface area contributed by atoms with Gasteiger partial charge in [-0.2, -0.15) is 0 Å². The number of carbonyl (C=O) groups excluding carboxylic acids is 1. The monoisotopic (exact) mass is 333 g/mol. The molecule has 3 heteroatoms. The first-order valence-electron chi connectivity index (χ1n) is 9.05. The zero-order chi connectivity index (χ0) is 17.2. The minimum absolute atomic E-state index is 0.0249. The SMILES string of the molecule is CC(NC(=O)/C=C/c1ccc2c(c1)CCC2)c1ccc2c(c1)CCO2. The quantitative estimate of drug-likeness (QED) is 0.859. The van der Waals surface area contributed by atoms with E-state index in [0.29, 0.717) is 0 Å². The van der Waals surface area contributed by atoms with E-state index in [1.165, 1.54) is 29.5 Å². The Morgan fingerprint density at radius 2 is 1.96 bits per heavy atom. The van der Waals surface area contributed by atoms with Crippen molar-refractivity contribution in [2.75, 3.05) is 6.61 Å². The molecule has 1 amide bonds. The Kier molecular flexibility index (Phi) is 4.31. The molecule has 0 radical (unpaired) electrons. The van der Waals surface area contributed by atoms with Crippen LogP contribution in [0.5, 0.6) is 5.75 Å². The molecule has 3 nitrogen and oxygen atoms in total. The molecule has 1 atom stereocenters. The number of rotatable bonds is 4. The minimum Gasteiger partial charge on any atom is -0.493 e. The van der Waals surface area contributed by atoms with Crippen molar-refractivity contribution in [2.24, 2.45) is 0 Å². The molecule has 2 aliphatic rings. The van der Waals surface area contributed by atoms with Crippen molar-refractivity contribution >= 4 is 12.0 Å². The van der Waals surface area contributed by atoms with Gasteiger partial charge in [0, 0.05) is 12.5 Å². The van der Waals surface area contributed by atoms with Gasteiger partial charge in [0.15, 0.2) is 0 Å². The van der Waals surface area contributed by atoms with E-state index in [0.717, 1.165) is 36.3 Å². The molecule has 1 heterocycles. The van der Waals surface area contributed by atoms with Crippen LogP contribution in [0.25, 0.3) is 6.08 Å². The lowest BCUT2D eigenvalue weighted by atomic mass is 10.0. The number of hydrogen-bond acceptors (Lipinski definition) is 2. The van der Waals surface area contributed by atoms with Crippen LogP contribution in [0.4, 0.5) is 0 Å². The van der Waals surface area contributed by atoms with Gasteiger partial charge in [-0.15, -0.1) is 0 Å². The average Bonchev–Trinajstić information content (AvgIpc) is 3.27. The maximum Gasteiger partial charge on any atom is 0.244 e. The number of ether oxygens (including phenoxy) is 1. The number of carbonyl (C=O) groups is 1. The van der Waals surface area contributed by atoms with Gasteiger partial charge >= 0.3 is 0 Å². The number of amides is 1. The van der Waals surface area contributed by atoms with E-state index in [4.69, 9.17) is 4.74 Å². The largest absolute Gasteiger partial charge is 0.493 e. The third-order valence-electron chi connectivity index (χ3n) is 5.12. The van der Waals surface area contributed by atoms with Crippen LogP contribution >= 0.6 is 0 Å². The van der Waals surface area contributed by atoms with Crippen LogP contribution in [0, 0.1) is 0 Å². The van der Waals surface area contributed by atoms with Crippen LogP contribution in [0.15, 0.2) is 42.5 Å². The molecule has 0 spiro atoms. The Hall–Kier alpha value is -2.55. The minimum atomic E-state index is -0.0650. The molecular weight excluding hydrogens is 310 g/mol. The molecule has 1 aliphatic heterocycles. The molecule has 0 bridgehead atoms. The van der Waals surface area contributed by atoms with Crippen LogP contribution in [0.2, 0.25) is 0 Å². The highest BCUT2D eigenvalue weighted by atomic mass is 16.5. The molecule has 0 fully saturated rings. The second-order valence-electron chi connectivity index (χ2n) is 6.91. The van der Waals surface area contributed by atoms with Gasteiger partial charge in [-0.25, -0.2) is 0 Å². The van der Waals surface area contributed by atoms with Crippen molar-refractivity contribution in [3.63, 3.8) is 0 Å². The van der Waals surface area contributed by atoms with Gasteiger partial charge < -0.3 is 10.1 Å². The van der Waals surface area contributed by atoms with Gasteiger partial charge in [-0.3, -0.25) is 4.79 Å². The molecule has 4 rings (SSSR count). The topological polar surface area (TPSA) is 38.3 Å². The van der Waals surface area contributed by atoms with E-state index in [1.807, 2.05) is 25.1 Å². The lowest BCUT2D eigenvalue weighted by Gasteiger charge is -2.14. The summed E-state index contributed by atoms with van der Waals surface area (Å²) < 4.78 is 5.53. The normalized spacial score (nSPS) is 16.4. The molecule has 25 heavy (non-hydrogen) atoms. The second kappa shape index (κ2) is 6.75. The summed E-state index contributed by atoms with van der Waals surface area (Å²) in [5.41, 5.74) is 6.32. The standard InChI is InChI=1S/C22H23NO2/c1-15(18-8-9-21-20(14-18)11-12-25-21)23-22(24)10-6-16-5-7-17-3-2-4-19(17)13-16/h5-10,13-15H,2-4,11-12H2,1H3,(H,23,24)/b10-6+. The Bertz CT molecular complexity index is 838. The molecule has 0 aromatic heterocycles. The molecular formula is C22H23NO2. The Balaban J connectivity index is 1.39. The Morgan fingerprint density at radius 3 is 2.88 bits per heavy atom. The number of aryl methyl sites for hydroxylation is 2. The van der Waals surface area contributed by atoms with E-state index < -0.39 is 0 Å². The van der Waals surface area contributed by atoms with Gasteiger partial charge in [0.05, 0.1) is 12.6 Å². The van der Waals surface area contributed by atoms with E-state index in [9.17, 15) is 4.79 Å². The summed E-state index contributed by atoms with van der Waals surface area (Å²) in [5.74, 6) is 0.906. The number of fused-ring (bicyclic) bond motifs is 2. The first kappa shape index (κ1) is 15.9. The average molecular weight is 333 g/mol. The summed E-state index contributed by atoms with van der Waals surface area (Å²) in [6.45, 7) is 2.77. The highest BCUT2D eigenvalue weighted by Gasteiger charge is 2.15. The molecule has 128 valence electrons. The first-order chi connectivity index (χ1) is 12.2. The zero-order valence-electron chi connectivity index (χ0n) is 14.5. The fourth-order valence-corrected chi connectivity index (χ4v) is 3.69. The third-order valence-corrected chi connectivity index (χ3v) is 5.12. The predicted octanol–water partition coefficient (Wildman–Crippen LogP) is 4.00. The van der Waals surface area contributed by atoms with Gasteiger partial charge in [0.2, 0.25) is 5.91 Å². The molecule has 1 N–H and O–H groups in total. The number of benzene rings is 2. The van der Waals surface area contributed by atoms with Gasteiger partial charge in [-0.05, 0) is 72.2 Å². The first-order valence-corrected chi connectivity index (χ1v) is 9.05. The maximum atomic E-state index is 12.2. The fourth-order valence-electron chi connectivity index (χ4n) is 3.69. The smallest absolute Gasteiger partial charge is 0.244 e. The van der Waals surface area contributed by atoms with Gasteiger partial charge in [-0.1, -0.05) is 24.3 Å². The molecule has 2 aromatic rings.